The van der Waals surface area contributed by atoms with E-state index >= 15 is 0 Å². The van der Waals surface area contributed by atoms with Gasteiger partial charge in [0.05, 0.1) is 19.6 Å². The van der Waals surface area contributed by atoms with Crippen LogP contribution in [0.5, 0.6) is 11.5 Å². The molecule has 1 atom stereocenters. The molecule has 4 rings (SSSR count). The van der Waals surface area contributed by atoms with Crippen molar-refractivity contribution in [2.24, 2.45) is 5.73 Å². The topological polar surface area (TPSA) is 96.8 Å². The molecule has 1 unspecified atom stereocenters. The Morgan fingerprint density at radius 2 is 1.79 bits per heavy atom. The van der Waals surface area contributed by atoms with Gasteiger partial charge in [0, 0.05) is 22.0 Å². The Kier molecular flexibility index (Phi) is 4.76. The monoisotopic (exact) mass is 390 g/mol. The Bertz CT molecular complexity index is 1120. The molecule has 1 heterocycles. The highest BCUT2D eigenvalue weighted by Gasteiger charge is 2.36. The number of esters is 1. The molecule has 3 aromatic rings. The predicted octanol–water partition coefficient (Wildman–Crippen LogP) is 3.69. The number of nitrogens with two attached hydrogens (primary N) is 2. The molecule has 0 saturated carbocycles. The van der Waals surface area contributed by atoms with Crippen LogP contribution in [0.2, 0.25) is 0 Å². The average molecular weight is 390 g/mol. The maximum Gasteiger partial charge on any atom is 0.340 e. The third-order valence-electron chi connectivity index (χ3n) is 5.10. The van der Waals surface area contributed by atoms with Crippen LogP contribution in [0.4, 0.5) is 5.69 Å². The maximum atomic E-state index is 12.8. The lowest BCUT2D eigenvalue weighted by Gasteiger charge is -2.29. The van der Waals surface area contributed by atoms with Crippen molar-refractivity contribution in [2.45, 2.75) is 12.8 Å². The first-order valence-corrected chi connectivity index (χ1v) is 9.34. The van der Waals surface area contributed by atoms with Gasteiger partial charge in [-0.2, -0.15) is 0 Å². The molecule has 29 heavy (non-hydrogen) atoms. The lowest BCUT2D eigenvalue weighted by atomic mass is 9.82. The van der Waals surface area contributed by atoms with E-state index in [1.54, 1.807) is 14.0 Å². The van der Waals surface area contributed by atoms with Crippen LogP contribution in [0.15, 0.2) is 66.1 Å². The number of hydrogen-bond donors (Lipinski definition) is 2. The van der Waals surface area contributed by atoms with Crippen LogP contribution in [0.1, 0.15) is 24.0 Å². The van der Waals surface area contributed by atoms with Gasteiger partial charge in [0.25, 0.3) is 0 Å². The van der Waals surface area contributed by atoms with Crippen LogP contribution in [-0.4, -0.2) is 19.7 Å². The molecule has 0 amide bonds. The molecular formula is C23H22N2O4. The van der Waals surface area contributed by atoms with E-state index < -0.39 is 11.9 Å². The largest absolute Gasteiger partial charge is 0.497 e. The third-order valence-corrected chi connectivity index (χ3v) is 5.10. The summed E-state index contributed by atoms with van der Waals surface area (Å²) < 4.78 is 16.5. The molecule has 0 spiro atoms. The molecule has 0 bridgehead atoms. The lowest BCUT2D eigenvalue weighted by molar-refractivity contribution is -0.139. The minimum absolute atomic E-state index is 0.0340. The van der Waals surface area contributed by atoms with Gasteiger partial charge in [-0.15, -0.1) is 0 Å². The summed E-state index contributed by atoms with van der Waals surface area (Å²) in [5.74, 6) is 0.425. The standard InChI is InChI=1S/C23H22N2O4/c1-3-28-23(26)20-19(13-7-9-14(27-2)10-8-13)17-12-11-15-16(5-4-6-18(15)24)21(17)29-22(20)25/h4-12,19H,3,24-25H2,1-2H3. The van der Waals surface area contributed by atoms with Crippen LogP contribution in [0, 0.1) is 0 Å². The normalized spacial score (nSPS) is 15.6. The maximum absolute atomic E-state index is 12.8. The molecule has 3 aromatic carbocycles. The number of fused-ring (bicyclic) bond motifs is 3. The number of rotatable bonds is 4. The molecule has 0 saturated heterocycles. The number of methoxy groups -OCH3 is 1. The summed E-state index contributed by atoms with van der Waals surface area (Å²) in [6, 6.07) is 17.0. The highest BCUT2D eigenvalue weighted by Crippen LogP contribution is 2.46. The third kappa shape index (κ3) is 3.12. The quantitative estimate of drug-likeness (QED) is 0.521. The summed E-state index contributed by atoms with van der Waals surface area (Å²) in [5.41, 5.74) is 15.0. The second-order valence-corrected chi connectivity index (χ2v) is 6.73. The van der Waals surface area contributed by atoms with Gasteiger partial charge in [0.1, 0.15) is 17.1 Å². The van der Waals surface area contributed by atoms with Crippen LogP contribution in [-0.2, 0) is 9.53 Å². The molecule has 6 nitrogen and oxygen atoms in total. The highest BCUT2D eigenvalue weighted by atomic mass is 16.5. The van der Waals surface area contributed by atoms with Gasteiger partial charge in [-0.25, -0.2) is 4.79 Å². The van der Waals surface area contributed by atoms with Crippen molar-refractivity contribution in [3.05, 3.63) is 77.2 Å². The lowest BCUT2D eigenvalue weighted by Crippen LogP contribution is -2.27. The van der Waals surface area contributed by atoms with Gasteiger partial charge in [0.2, 0.25) is 5.88 Å². The summed E-state index contributed by atoms with van der Waals surface area (Å²) in [6.07, 6.45) is 0. The molecule has 0 radical (unpaired) electrons. The number of benzene rings is 3. The summed E-state index contributed by atoms with van der Waals surface area (Å²) >= 11 is 0. The fourth-order valence-corrected chi connectivity index (χ4v) is 3.75. The first kappa shape index (κ1) is 18.7. The van der Waals surface area contributed by atoms with Crippen LogP contribution >= 0.6 is 0 Å². The van der Waals surface area contributed by atoms with E-state index in [0.717, 1.165) is 27.6 Å². The molecule has 1 aliphatic rings. The minimum Gasteiger partial charge on any atom is -0.497 e. The second-order valence-electron chi connectivity index (χ2n) is 6.73. The van der Waals surface area contributed by atoms with E-state index in [1.165, 1.54) is 0 Å². The first-order valence-electron chi connectivity index (χ1n) is 9.34. The van der Waals surface area contributed by atoms with Crippen molar-refractivity contribution in [2.75, 3.05) is 19.5 Å². The molecular weight excluding hydrogens is 368 g/mol. The van der Waals surface area contributed by atoms with Crippen molar-refractivity contribution in [3.63, 3.8) is 0 Å². The Balaban J connectivity index is 1.96. The Labute approximate surface area is 168 Å². The fourth-order valence-electron chi connectivity index (χ4n) is 3.75. The predicted molar refractivity (Wildman–Crippen MR) is 112 cm³/mol. The second kappa shape index (κ2) is 7.39. The molecule has 0 fully saturated rings. The van der Waals surface area contributed by atoms with Gasteiger partial charge < -0.3 is 25.7 Å². The number of anilines is 1. The molecule has 6 heteroatoms. The molecule has 0 aliphatic carbocycles. The van der Waals surface area contributed by atoms with Crippen LogP contribution in [0.3, 0.4) is 0 Å². The number of carbonyl (C=O) groups is 1. The van der Waals surface area contributed by atoms with Crippen molar-refractivity contribution >= 4 is 22.4 Å². The van der Waals surface area contributed by atoms with Crippen LogP contribution in [0.25, 0.3) is 10.8 Å². The summed E-state index contributed by atoms with van der Waals surface area (Å²) in [5, 5.41) is 1.71. The van der Waals surface area contributed by atoms with E-state index in [0.29, 0.717) is 11.4 Å². The van der Waals surface area contributed by atoms with E-state index in [1.807, 2.05) is 54.6 Å². The van der Waals surface area contributed by atoms with E-state index in [4.69, 9.17) is 25.7 Å². The number of hydrogen-bond acceptors (Lipinski definition) is 6. The van der Waals surface area contributed by atoms with E-state index in [9.17, 15) is 4.79 Å². The number of nitrogen functional groups attached to an aromatic ring is 1. The van der Waals surface area contributed by atoms with Crippen molar-refractivity contribution in [3.8, 4) is 11.5 Å². The zero-order valence-electron chi connectivity index (χ0n) is 16.3. The molecule has 1 aliphatic heterocycles. The smallest absolute Gasteiger partial charge is 0.340 e. The van der Waals surface area contributed by atoms with Gasteiger partial charge >= 0.3 is 5.97 Å². The van der Waals surface area contributed by atoms with E-state index in [2.05, 4.69) is 0 Å². The minimum atomic E-state index is -0.496. The Hall–Kier alpha value is -3.67. The fraction of sp³-hybridized carbons (Fsp3) is 0.174. The summed E-state index contributed by atoms with van der Waals surface area (Å²) in [6.45, 7) is 2.00. The molecule has 148 valence electrons. The van der Waals surface area contributed by atoms with Gasteiger partial charge in [-0.3, -0.25) is 0 Å². The summed E-state index contributed by atoms with van der Waals surface area (Å²) in [4.78, 5) is 12.8. The van der Waals surface area contributed by atoms with Crippen molar-refractivity contribution in [1.82, 2.24) is 0 Å². The summed E-state index contributed by atoms with van der Waals surface area (Å²) in [7, 11) is 1.61. The average Bonchev–Trinajstić information content (AvgIpc) is 2.73. The molecule has 0 aromatic heterocycles. The molecule has 4 N–H and O–H groups in total. The highest BCUT2D eigenvalue weighted by molar-refractivity contribution is 6.00. The first-order chi connectivity index (χ1) is 14.0. The van der Waals surface area contributed by atoms with Gasteiger partial charge in [0.15, 0.2) is 0 Å². The van der Waals surface area contributed by atoms with Gasteiger partial charge in [-0.1, -0.05) is 36.4 Å². The zero-order valence-corrected chi connectivity index (χ0v) is 16.3. The van der Waals surface area contributed by atoms with Crippen LogP contribution < -0.4 is 20.9 Å². The Morgan fingerprint density at radius 1 is 1.03 bits per heavy atom. The number of carbonyl (C=O) groups excluding carboxylic acids is 1. The van der Waals surface area contributed by atoms with Gasteiger partial charge in [-0.05, 0) is 30.7 Å². The van der Waals surface area contributed by atoms with Crippen molar-refractivity contribution in [1.29, 1.82) is 0 Å². The van der Waals surface area contributed by atoms with E-state index in [-0.39, 0.29) is 18.1 Å². The van der Waals surface area contributed by atoms with Crippen molar-refractivity contribution < 1.29 is 19.0 Å². The number of ether oxygens (including phenoxy) is 3. The SMILES string of the molecule is CCOC(=O)C1=C(N)Oc2c(ccc3c(N)cccc23)C1c1ccc(OC)cc1. The Morgan fingerprint density at radius 3 is 2.48 bits per heavy atom. The zero-order chi connectivity index (χ0) is 20.5.